The highest BCUT2D eigenvalue weighted by Crippen LogP contribution is 2.25. The van der Waals surface area contributed by atoms with E-state index in [1.807, 2.05) is 0 Å². The van der Waals surface area contributed by atoms with Gasteiger partial charge in [-0.3, -0.25) is 4.79 Å². The molecule has 0 aliphatic carbocycles. The Morgan fingerprint density at radius 3 is 2.30 bits per heavy atom. The topological polar surface area (TPSA) is 26.3 Å². The van der Waals surface area contributed by atoms with Crippen molar-refractivity contribution in [3.63, 3.8) is 0 Å². The van der Waals surface area contributed by atoms with Crippen LogP contribution in [0.25, 0.3) is 0 Å². The van der Waals surface area contributed by atoms with Crippen LogP contribution in [0.2, 0.25) is 5.02 Å². The van der Waals surface area contributed by atoms with E-state index in [1.54, 1.807) is 18.2 Å². The molecule has 1 aromatic rings. The molecule has 0 amide bonds. The Bertz CT molecular complexity index is 391. The normalized spacial score (nSPS) is 10.5. The van der Waals surface area contributed by atoms with Gasteiger partial charge in [-0.15, -0.1) is 0 Å². The number of unbranched alkanes of at least 4 members (excludes halogenated alkanes) is 7. The smallest absolute Gasteiger partial charge is 0.150 e. The van der Waals surface area contributed by atoms with Gasteiger partial charge in [-0.1, -0.05) is 63.5 Å². The predicted octanol–water partition coefficient (Wildman–Crippen LogP) is 5.67. The van der Waals surface area contributed by atoms with Crippen LogP contribution in [0.5, 0.6) is 5.75 Å². The molecule has 3 heteroatoms. The van der Waals surface area contributed by atoms with Gasteiger partial charge < -0.3 is 4.74 Å². The molecule has 0 N–H and O–H groups in total. The maximum Gasteiger partial charge on any atom is 0.150 e. The lowest BCUT2D eigenvalue weighted by Gasteiger charge is -2.08. The SMILES string of the molecule is CCCCCCCCCCOc1ccc(C=O)cc1Cl. The van der Waals surface area contributed by atoms with E-state index in [-0.39, 0.29) is 0 Å². The van der Waals surface area contributed by atoms with E-state index in [1.165, 1.54) is 44.9 Å². The lowest BCUT2D eigenvalue weighted by molar-refractivity contribution is 0.112. The zero-order chi connectivity index (χ0) is 14.6. The summed E-state index contributed by atoms with van der Waals surface area (Å²) in [4.78, 5) is 10.6. The Hall–Kier alpha value is -1.02. The van der Waals surface area contributed by atoms with Crippen molar-refractivity contribution in [2.75, 3.05) is 6.61 Å². The number of ether oxygens (including phenoxy) is 1. The average Bonchev–Trinajstić information content (AvgIpc) is 2.47. The van der Waals surface area contributed by atoms with E-state index in [9.17, 15) is 4.79 Å². The second-order valence-corrected chi connectivity index (χ2v) is 5.54. The van der Waals surface area contributed by atoms with Crippen LogP contribution in [0, 0.1) is 0 Å². The van der Waals surface area contributed by atoms with Crippen LogP contribution in [0.3, 0.4) is 0 Å². The maximum absolute atomic E-state index is 10.6. The summed E-state index contributed by atoms with van der Waals surface area (Å²) >= 11 is 6.04. The molecule has 0 radical (unpaired) electrons. The van der Waals surface area contributed by atoms with E-state index >= 15 is 0 Å². The lowest BCUT2D eigenvalue weighted by Crippen LogP contribution is -1.98. The molecular weight excluding hydrogens is 272 g/mol. The van der Waals surface area contributed by atoms with E-state index in [4.69, 9.17) is 16.3 Å². The van der Waals surface area contributed by atoms with Crippen molar-refractivity contribution in [2.45, 2.75) is 58.3 Å². The molecule has 0 saturated heterocycles. The zero-order valence-electron chi connectivity index (χ0n) is 12.4. The van der Waals surface area contributed by atoms with Gasteiger partial charge in [0.15, 0.2) is 0 Å². The molecule has 0 unspecified atom stereocenters. The Morgan fingerprint density at radius 2 is 1.70 bits per heavy atom. The van der Waals surface area contributed by atoms with Gasteiger partial charge in [0.25, 0.3) is 0 Å². The molecule has 0 aliphatic rings. The Balaban J connectivity index is 2.08. The van der Waals surface area contributed by atoms with Crippen LogP contribution in [-0.4, -0.2) is 12.9 Å². The first-order valence-electron chi connectivity index (χ1n) is 7.65. The van der Waals surface area contributed by atoms with E-state index < -0.39 is 0 Å². The van der Waals surface area contributed by atoms with Crippen molar-refractivity contribution in [1.82, 2.24) is 0 Å². The summed E-state index contributed by atoms with van der Waals surface area (Å²) in [5.74, 6) is 0.667. The summed E-state index contributed by atoms with van der Waals surface area (Å²) in [6.45, 7) is 2.93. The van der Waals surface area contributed by atoms with E-state index in [0.29, 0.717) is 22.9 Å². The van der Waals surface area contributed by atoms with Gasteiger partial charge >= 0.3 is 0 Å². The van der Waals surface area contributed by atoms with Crippen molar-refractivity contribution in [3.8, 4) is 5.75 Å². The summed E-state index contributed by atoms with van der Waals surface area (Å²) < 4.78 is 5.63. The minimum atomic E-state index is 0.508. The highest BCUT2D eigenvalue weighted by atomic mass is 35.5. The van der Waals surface area contributed by atoms with Crippen LogP contribution in [0.15, 0.2) is 18.2 Å². The fourth-order valence-corrected chi connectivity index (χ4v) is 2.37. The molecule has 0 heterocycles. The van der Waals surface area contributed by atoms with Crippen molar-refractivity contribution in [1.29, 1.82) is 0 Å². The van der Waals surface area contributed by atoms with Gasteiger partial charge in [-0.2, -0.15) is 0 Å². The second-order valence-electron chi connectivity index (χ2n) is 5.13. The van der Waals surface area contributed by atoms with Crippen LogP contribution in [-0.2, 0) is 0 Å². The Morgan fingerprint density at radius 1 is 1.05 bits per heavy atom. The molecule has 0 saturated carbocycles. The maximum atomic E-state index is 10.6. The van der Waals surface area contributed by atoms with Crippen LogP contribution < -0.4 is 4.74 Å². The third-order valence-electron chi connectivity index (χ3n) is 3.35. The predicted molar refractivity (Wildman–Crippen MR) is 84.9 cm³/mol. The third-order valence-corrected chi connectivity index (χ3v) is 3.64. The molecule has 0 spiro atoms. The first kappa shape index (κ1) is 17.0. The number of hydrogen-bond donors (Lipinski definition) is 0. The molecule has 0 bridgehead atoms. The number of rotatable bonds is 11. The van der Waals surface area contributed by atoms with Crippen molar-refractivity contribution >= 4 is 17.9 Å². The van der Waals surface area contributed by atoms with E-state index in [0.717, 1.165) is 12.7 Å². The second kappa shape index (κ2) is 10.7. The fourth-order valence-electron chi connectivity index (χ4n) is 2.13. The molecule has 0 aliphatic heterocycles. The fraction of sp³-hybridized carbons (Fsp3) is 0.588. The molecule has 0 fully saturated rings. The summed E-state index contributed by atoms with van der Waals surface area (Å²) in [6, 6.07) is 5.12. The Kier molecular flexibility index (Phi) is 9.14. The molecule has 2 nitrogen and oxygen atoms in total. The molecule has 1 rings (SSSR count). The Labute approximate surface area is 127 Å². The molecule has 112 valence electrons. The van der Waals surface area contributed by atoms with Crippen molar-refractivity contribution in [2.24, 2.45) is 0 Å². The number of aldehydes is 1. The van der Waals surface area contributed by atoms with Gasteiger partial charge in [-0.25, -0.2) is 0 Å². The zero-order valence-corrected chi connectivity index (χ0v) is 13.1. The molecule has 0 atom stereocenters. The summed E-state index contributed by atoms with van der Waals surface area (Å²) in [5.41, 5.74) is 0.578. The van der Waals surface area contributed by atoms with Crippen LogP contribution in [0.4, 0.5) is 0 Å². The highest BCUT2D eigenvalue weighted by molar-refractivity contribution is 6.32. The van der Waals surface area contributed by atoms with Gasteiger partial charge in [0, 0.05) is 5.56 Å². The number of benzene rings is 1. The summed E-state index contributed by atoms with van der Waals surface area (Å²) in [5, 5.41) is 0.508. The van der Waals surface area contributed by atoms with Crippen molar-refractivity contribution < 1.29 is 9.53 Å². The number of carbonyl (C=O) groups is 1. The minimum absolute atomic E-state index is 0.508. The van der Waals surface area contributed by atoms with Crippen molar-refractivity contribution in [3.05, 3.63) is 28.8 Å². The number of halogens is 1. The van der Waals surface area contributed by atoms with Gasteiger partial charge in [0.2, 0.25) is 0 Å². The largest absolute Gasteiger partial charge is 0.492 e. The first-order chi connectivity index (χ1) is 9.77. The standard InChI is InChI=1S/C17H25ClO2/c1-2-3-4-5-6-7-8-9-12-20-17-11-10-15(14-19)13-16(17)18/h10-11,13-14H,2-9,12H2,1H3. The summed E-state index contributed by atoms with van der Waals surface area (Å²) in [6.07, 6.45) is 11.0. The van der Waals surface area contributed by atoms with Crippen LogP contribution in [0.1, 0.15) is 68.6 Å². The highest BCUT2D eigenvalue weighted by Gasteiger charge is 2.02. The summed E-state index contributed by atoms with van der Waals surface area (Å²) in [7, 11) is 0. The molecular formula is C17H25ClO2. The quantitative estimate of drug-likeness (QED) is 0.388. The van der Waals surface area contributed by atoms with E-state index in [2.05, 4.69) is 6.92 Å². The molecule has 20 heavy (non-hydrogen) atoms. The van der Waals surface area contributed by atoms with Gasteiger partial charge in [-0.05, 0) is 24.6 Å². The minimum Gasteiger partial charge on any atom is -0.492 e. The third kappa shape index (κ3) is 6.95. The average molecular weight is 297 g/mol. The first-order valence-corrected chi connectivity index (χ1v) is 8.03. The molecule has 1 aromatic carbocycles. The lowest BCUT2D eigenvalue weighted by atomic mass is 10.1. The monoisotopic (exact) mass is 296 g/mol. The number of carbonyl (C=O) groups excluding carboxylic acids is 1. The number of hydrogen-bond acceptors (Lipinski definition) is 2. The van der Waals surface area contributed by atoms with Gasteiger partial charge in [0.1, 0.15) is 12.0 Å². The molecule has 0 aromatic heterocycles. The van der Waals surface area contributed by atoms with Crippen LogP contribution >= 0.6 is 11.6 Å². The van der Waals surface area contributed by atoms with Gasteiger partial charge in [0.05, 0.1) is 11.6 Å².